The van der Waals surface area contributed by atoms with E-state index in [1.807, 2.05) is 6.08 Å². The number of nitrogens with one attached hydrogen (secondary N) is 1. The van der Waals surface area contributed by atoms with Gasteiger partial charge in [-0.15, -0.1) is 0 Å². The Morgan fingerprint density at radius 1 is 0.406 bits per heavy atom. The number of esters is 1. The number of ether oxygens (including phenoxy) is 1. The topological polar surface area (TPSA) is 95.9 Å². The number of hydrogen-bond acceptors (Lipinski definition) is 5. The summed E-state index contributed by atoms with van der Waals surface area (Å²) >= 11 is 0. The lowest BCUT2D eigenvalue weighted by Crippen LogP contribution is -2.45. The molecule has 0 radical (unpaired) electrons. The van der Waals surface area contributed by atoms with Crippen LogP contribution < -0.4 is 5.32 Å². The van der Waals surface area contributed by atoms with Crippen molar-refractivity contribution >= 4 is 11.9 Å². The monoisotopic (exact) mass is 966 g/mol. The van der Waals surface area contributed by atoms with Crippen LogP contribution in [-0.2, 0) is 14.3 Å². The number of carbonyl (C=O) groups excluding carboxylic acids is 2. The van der Waals surface area contributed by atoms with Gasteiger partial charge < -0.3 is 20.3 Å². The first-order chi connectivity index (χ1) is 34.0. The zero-order valence-corrected chi connectivity index (χ0v) is 45.8. The number of allylic oxidation sites excluding steroid dienone is 9. The van der Waals surface area contributed by atoms with E-state index in [9.17, 15) is 19.8 Å². The molecule has 1 amide bonds. The molecular weight excluding hydrogens is 851 g/mol. The van der Waals surface area contributed by atoms with Crippen molar-refractivity contribution in [1.29, 1.82) is 0 Å². The fraction of sp³-hybridized carbons (Fsp3) is 0.810. The maximum Gasteiger partial charge on any atom is 0.305 e. The van der Waals surface area contributed by atoms with Gasteiger partial charge in [-0.3, -0.25) is 9.59 Å². The molecule has 2 atom stereocenters. The Labute approximate surface area is 428 Å². The van der Waals surface area contributed by atoms with Gasteiger partial charge in [-0.05, 0) is 96.3 Å². The minimum atomic E-state index is -0.845. The molecule has 6 heteroatoms. The van der Waals surface area contributed by atoms with Crippen molar-refractivity contribution in [2.24, 2.45) is 0 Å². The summed E-state index contributed by atoms with van der Waals surface area (Å²) in [5.41, 5.74) is 0. The minimum absolute atomic E-state index is 0.00409. The molecule has 0 aliphatic rings. The Bertz CT molecular complexity index is 1210. The third-order valence-corrected chi connectivity index (χ3v) is 13.5. The first kappa shape index (κ1) is 66.6. The lowest BCUT2D eigenvalue weighted by atomic mass is 10.0. The molecule has 0 aliphatic heterocycles. The molecule has 0 spiro atoms. The minimum Gasteiger partial charge on any atom is -0.466 e. The van der Waals surface area contributed by atoms with Crippen molar-refractivity contribution in [2.75, 3.05) is 13.2 Å². The summed E-state index contributed by atoms with van der Waals surface area (Å²) < 4.78 is 5.47. The Kier molecular flexibility index (Phi) is 56.1. The predicted octanol–water partition coefficient (Wildman–Crippen LogP) is 18.7. The first-order valence-electron chi connectivity index (χ1n) is 30.1. The molecule has 6 nitrogen and oxygen atoms in total. The zero-order valence-electron chi connectivity index (χ0n) is 45.8. The molecule has 0 fully saturated rings. The molecule has 0 rings (SSSR count). The Morgan fingerprint density at radius 3 is 1.12 bits per heavy atom. The van der Waals surface area contributed by atoms with Gasteiger partial charge >= 0.3 is 5.97 Å². The molecule has 402 valence electrons. The average molecular weight is 967 g/mol. The number of hydrogen-bond donors (Lipinski definition) is 3. The number of aliphatic hydroxyl groups excluding tert-OH is 2. The van der Waals surface area contributed by atoms with Crippen molar-refractivity contribution in [3.63, 3.8) is 0 Å². The summed E-state index contributed by atoms with van der Waals surface area (Å²) in [4.78, 5) is 24.4. The van der Waals surface area contributed by atoms with E-state index in [1.165, 1.54) is 218 Å². The Balaban J connectivity index is 3.42. The van der Waals surface area contributed by atoms with E-state index < -0.39 is 12.1 Å². The highest BCUT2D eigenvalue weighted by atomic mass is 16.5. The van der Waals surface area contributed by atoms with Crippen molar-refractivity contribution in [1.82, 2.24) is 5.32 Å². The first-order valence-corrected chi connectivity index (χ1v) is 30.1. The molecular formula is C63H115NO5. The SMILES string of the molecule is CCCCCC/C=C\C/C=C\CCCCCCCC(=O)OCCCCCCCCCCC/C=C\C/C=C\CCCCCCCCCCCCCC(=O)NC(CO)C(O)/C=C/CCCCCCCCC. The molecule has 0 aromatic carbocycles. The van der Waals surface area contributed by atoms with Gasteiger partial charge in [-0.25, -0.2) is 0 Å². The van der Waals surface area contributed by atoms with Crippen LogP contribution in [0.25, 0.3) is 0 Å². The number of aliphatic hydroxyl groups is 2. The number of carbonyl (C=O) groups is 2. The van der Waals surface area contributed by atoms with Crippen LogP contribution in [0.1, 0.15) is 303 Å². The van der Waals surface area contributed by atoms with Crippen LogP contribution >= 0.6 is 0 Å². The highest BCUT2D eigenvalue weighted by Crippen LogP contribution is 2.15. The normalized spacial score (nSPS) is 13.0. The Hall–Kier alpha value is -2.44. The van der Waals surface area contributed by atoms with Crippen LogP contribution in [0.3, 0.4) is 0 Å². The van der Waals surface area contributed by atoms with Crippen molar-refractivity contribution in [3.05, 3.63) is 60.8 Å². The van der Waals surface area contributed by atoms with E-state index in [4.69, 9.17) is 4.74 Å². The lowest BCUT2D eigenvalue weighted by Gasteiger charge is -2.20. The molecule has 0 saturated carbocycles. The van der Waals surface area contributed by atoms with E-state index in [0.717, 1.165) is 57.8 Å². The summed E-state index contributed by atoms with van der Waals surface area (Å²) in [5, 5.41) is 22.9. The molecule has 0 heterocycles. The van der Waals surface area contributed by atoms with Gasteiger partial charge in [0.1, 0.15) is 0 Å². The summed E-state index contributed by atoms with van der Waals surface area (Å²) in [6, 6.07) is -0.629. The fourth-order valence-corrected chi connectivity index (χ4v) is 8.87. The van der Waals surface area contributed by atoms with Crippen LogP contribution in [0.4, 0.5) is 0 Å². The quantitative estimate of drug-likeness (QED) is 0.0321. The second-order valence-corrected chi connectivity index (χ2v) is 20.3. The zero-order chi connectivity index (χ0) is 50.0. The molecule has 69 heavy (non-hydrogen) atoms. The molecule has 0 saturated heterocycles. The number of amides is 1. The smallest absolute Gasteiger partial charge is 0.305 e. The largest absolute Gasteiger partial charge is 0.466 e. The highest BCUT2D eigenvalue weighted by Gasteiger charge is 2.18. The van der Waals surface area contributed by atoms with Gasteiger partial charge in [0.2, 0.25) is 5.91 Å². The third-order valence-electron chi connectivity index (χ3n) is 13.5. The molecule has 0 aromatic heterocycles. The van der Waals surface area contributed by atoms with E-state index in [1.54, 1.807) is 6.08 Å². The second-order valence-electron chi connectivity index (χ2n) is 20.3. The van der Waals surface area contributed by atoms with Crippen molar-refractivity contribution < 1.29 is 24.5 Å². The van der Waals surface area contributed by atoms with Gasteiger partial charge in [-0.2, -0.15) is 0 Å². The van der Waals surface area contributed by atoms with Crippen LogP contribution in [0, 0.1) is 0 Å². The average Bonchev–Trinajstić information content (AvgIpc) is 3.35. The van der Waals surface area contributed by atoms with E-state index >= 15 is 0 Å². The predicted molar refractivity (Wildman–Crippen MR) is 301 cm³/mol. The molecule has 0 aromatic rings. The summed E-state index contributed by atoms with van der Waals surface area (Å²) in [6.45, 7) is 4.84. The van der Waals surface area contributed by atoms with Gasteiger partial charge in [0.05, 0.1) is 25.4 Å². The summed E-state index contributed by atoms with van der Waals surface area (Å²) in [5.74, 6) is -0.0788. The molecule has 3 N–H and O–H groups in total. The maximum atomic E-state index is 12.4. The number of rotatable bonds is 55. The molecule has 0 aliphatic carbocycles. The van der Waals surface area contributed by atoms with Gasteiger partial charge in [0, 0.05) is 12.8 Å². The van der Waals surface area contributed by atoms with Crippen LogP contribution in [-0.4, -0.2) is 47.4 Å². The van der Waals surface area contributed by atoms with Crippen molar-refractivity contribution in [3.8, 4) is 0 Å². The molecule has 0 bridgehead atoms. The lowest BCUT2D eigenvalue weighted by molar-refractivity contribution is -0.143. The van der Waals surface area contributed by atoms with E-state index in [2.05, 4.69) is 67.8 Å². The second kappa shape index (κ2) is 58.1. The molecule has 2 unspecified atom stereocenters. The van der Waals surface area contributed by atoms with Gasteiger partial charge in [-0.1, -0.05) is 254 Å². The standard InChI is InChI=1S/C63H115NO5/c1-3-5-7-9-11-13-14-15-16-31-34-37-41-45-49-53-57-63(68)69-58-54-50-46-42-38-35-32-29-27-25-23-21-19-17-18-20-22-24-26-28-30-33-36-40-44-48-52-56-62(67)64-60(59-65)61(66)55-51-47-43-39-12-10-8-6-4-2/h13-14,16-18,21,23,31,51,55,60-61,65-66H,3-12,15,19-20,22,24-30,32-50,52-54,56-59H2,1-2H3,(H,64,67)/b14-13-,18-17-,23-21-,31-16-,55-51+. The van der Waals surface area contributed by atoms with Crippen LogP contribution in [0.15, 0.2) is 60.8 Å². The van der Waals surface area contributed by atoms with Crippen LogP contribution in [0.5, 0.6) is 0 Å². The highest BCUT2D eigenvalue weighted by molar-refractivity contribution is 5.76. The summed E-state index contributed by atoms with van der Waals surface area (Å²) in [7, 11) is 0. The van der Waals surface area contributed by atoms with E-state index in [-0.39, 0.29) is 18.5 Å². The summed E-state index contributed by atoms with van der Waals surface area (Å²) in [6.07, 6.45) is 75.5. The number of unbranched alkanes of at least 4 members (excludes halogenated alkanes) is 36. The third kappa shape index (κ3) is 54.7. The fourth-order valence-electron chi connectivity index (χ4n) is 8.87. The maximum absolute atomic E-state index is 12.4. The van der Waals surface area contributed by atoms with E-state index in [0.29, 0.717) is 19.4 Å². The van der Waals surface area contributed by atoms with Crippen molar-refractivity contribution in [2.45, 2.75) is 315 Å². The van der Waals surface area contributed by atoms with Gasteiger partial charge in [0.15, 0.2) is 0 Å². The Morgan fingerprint density at radius 2 is 0.725 bits per heavy atom. The van der Waals surface area contributed by atoms with Crippen LogP contribution in [0.2, 0.25) is 0 Å². The van der Waals surface area contributed by atoms with Gasteiger partial charge in [0.25, 0.3) is 0 Å².